The number of nitro groups is 1. The van der Waals surface area contributed by atoms with Crippen molar-refractivity contribution in [2.45, 2.75) is 23.8 Å². The van der Waals surface area contributed by atoms with Gasteiger partial charge in [-0.1, -0.05) is 0 Å². The summed E-state index contributed by atoms with van der Waals surface area (Å²) in [5.41, 5.74) is 0. The van der Waals surface area contributed by atoms with E-state index in [1.165, 1.54) is 4.68 Å². The van der Waals surface area contributed by atoms with Crippen molar-refractivity contribution in [2.24, 2.45) is 0 Å². The summed E-state index contributed by atoms with van der Waals surface area (Å²) in [4.78, 5) is 9.32. The standard InChI is InChI=1S/C8H10ClN3O5S/c9-18(15,16)7-5-11(10-8(7)12(13)14)6-1-3-17-4-2-6/h5-6H,1-4H2. The first-order valence-electron chi connectivity index (χ1n) is 5.15. The van der Waals surface area contributed by atoms with Gasteiger partial charge in [0.1, 0.15) is 0 Å². The Kier molecular flexibility index (Phi) is 3.55. The first kappa shape index (κ1) is 13.2. The predicted octanol–water partition coefficient (Wildman–Crippen LogP) is 1.07. The van der Waals surface area contributed by atoms with Crippen LogP contribution in [-0.4, -0.2) is 36.3 Å². The summed E-state index contributed by atoms with van der Waals surface area (Å²) >= 11 is 0. The predicted molar refractivity (Wildman–Crippen MR) is 61.0 cm³/mol. The molecule has 2 heterocycles. The Morgan fingerprint density at radius 1 is 1.50 bits per heavy atom. The highest BCUT2D eigenvalue weighted by atomic mass is 35.7. The van der Waals surface area contributed by atoms with E-state index in [0.29, 0.717) is 26.1 Å². The Morgan fingerprint density at radius 3 is 2.56 bits per heavy atom. The third kappa shape index (κ3) is 2.62. The first-order valence-corrected chi connectivity index (χ1v) is 7.46. The minimum absolute atomic E-state index is 0.107. The van der Waals surface area contributed by atoms with Gasteiger partial charge in [0.15, 0.2) is 0 Å². The van der Waals surface area contributed by atoms with Gasteiger partial charge >= 0.3 is 5.82 Å². The van der Waals surface area contributed by atoms with Crippen LogP contribution in [0, 0.1) is 10.1 Å². The lowest BCUT2D eigenvalue weighted by Gasteiger charge is -2.19. The molecule has 8 nitrogen and oxygen atoms in total. The average Bonchev–Trinajstić information content (AvgIpc) is 2.74. The molecule has 10 heteroatoms. The summed E-state index contributed by atoms with van der Waals surface area (Å²) in [6.07, 6.45) is 2.36. The molecule has 1 aliphatic rings. The summed E-state index contributed by atoms with van der Waals surface area (Å²) in [5, 5.41) is 14.4. The monoisotopic (exact) mass is 295 g/mol. The van der Waals surface area contributed by atoms with Gasteiger partial charge in [-0.3, -0.25) is 0 Å². The molecule has 0 aromatic carbocycles. The van der Waals surface area contributed by atoms with E-state index in [2.05, 4.69) is 5.10 Å². The fourth-order valence-electron chi connectivity index (χ4n) is 1.80. The molecular formula is C8H10ClN3O5S. The Balaban J connectivity index is 2.42. The van der Waals surface area contributed by atoms with Crippen LogP contribution in [0.2, 0.25) is 0 Å². The zero-order valence-corrected chi connectivity index (χ0v) is 10.7. The van der Waals surface area contributed by atoms with Crippen LogP contribution >= 0.6 is 10.7 Å². The number of aromatic nitrogens is 2. The number of nitrogens with zero attached hydrogens (tertiary/aromatic N) is 3. The van der Waals surface area contributed by atoms with Gasteiger partial charge in [0.05, 0.1) is 17.3 Å². The summed E-state index contributed by atoms with van der Waals surface area (Å²) in [5.74, 6) is -0.739. The SMILES string of the molecule is O=[N+]([O-])c1nn(C2CCOCC2)cc1S(=O)(=O)Cl. The van der Waals surface area contributed by atoms with Gasteiger partial charge in [-0.15, -0.1) is 0 Å². The number of rotatable bonds is 3. The maximum absolute atomic E-state index is 11.2. The quantitative estimate of drug-likeness (QED) is 0.469. The summed E-state index contributed by atoms with van der Waals surface area (Å²) in [7, 11) is 0.969. The van der Waals surface area contributed by atoms with Gasteiger partial charge in [-0.05, 0) is 17.8 Å². The van der Waals surface area contributed by atoms with Crippen molar-refractivity contribution >= 4 is 25.6 Å². The van der Waals surface area contributed by atoms with E-state index in [0.717, 1.165) is 6.20 Å². The fraction of sp³-hybridized carbons (Fsp3) is 0.625. The minimum atomic E-state index is -4.18. The Labute approximate surface area is 107 Å². The van der Waals surface area contributed by atoms with Crippen molar-refractivity contribution in [1.82, 2.24) is 9.78 Å². The second kappa shape index (κ2) is 4.82. The number of hydrogen-bond donors (Lipinski definition) is 0. The second-order valence-corrected chi connectivity index (χ2v) is 6.37. The molecule has 0 bridgehead atoms. The highest BCUT2D eigenvalue weighted by Gasteiger charge is 2.32. The summed E-state index contributed by atoms with van der Waals surface area (Å²) < 4.78 is 28.9. The largest absolute Gasteiger partial charge is 0.410 e. The van der Waals surface area contributed by atoms with Crippen LogP contribution in [0.1, 0.15) is 18.9 Å². The van der Waals surface area contributed by atoms with Crippen LogP contribution in [0.3, 0.4) is 0 Å². The zero-order chi connectivity index (χ0) is 13.3. The maximum Gasteiger partial charge on any atom is 0.410 e. The maximum atomic E-state index is 11.2. The van der Waals surface area contributed by atoms with E-state index in [1.54, 1.807) is 0 Å². The van der Waals surface area contributed by atoms with Crippen LogP contribution in [0.15, 0.2) is 11.1 Å². The van der Waals surface area contributed by atoms with E-state index in [1.807, 2.05) is 0 Å². The molecule has 0 amide bonds. The molecule has 1 aromatic heterocycles. The van der Waals surface area contributed by atoms with E-state index in [-0.39, 0.29) is 6.04 Å². The smallest absolute Gasteiger partial charge is 0.381 e. The molecule has 1 fully saturated rings. The van der Waals surface area contributed by atoms with Crippen molar-refractivity contribution in [1.29, 1.82) is 0 Å². The van der Waals surface area contributed by atoms with Crippen LogP contribution in [-0.2, 0) is 13.8 Å². The van der Waals surface area contributed by atoms with Gasteiger partial charge in [0.25, 0.3) is 9.05 Å². The summed E-state index contributed by atoms with van der Waals surface area (Å²) in [6.45, 7) is 1.03. The molecule has 1 aromatic rings. The van der Waals surface area contributed by atoms with Gasteiger partial charge in [-0.25, -0.2) is 8.42 Å². The van der Waals surface area contributed by atoms with E-state index in [4.69, 9.17) is 15.4 Å². The van der Waals surface area contributed by atoms with Crippen LogP contribution in [0.4, 0.5) is 5.82 Å². The zero-order valence-electron chi connectivity index (χ0n) is 9.15. The molecule has 0 spiro atoms. The number of ether oxygens (including phenoxy) is 1. The summed E-state index contributed by atoms with van der Waals surface area (Å²) in [6, 6.07) is -0.107. The molecule has 1 saturated heterocycles. The lowest BCUT2D eigenvalue weighted by atomic mass is 10.1. The molecule has 0 aliphatic carbocycles. The van der Waals surface area contributed by atoms with E-state index < -0.39 is 24.7 Å². The van der Waals surface area contributed by atoms with Crippen molar-refractivity contribution in [3.63, 3.8) is 0 Å². The Bertz CT molecular complexity index is 563. The topological polar surface area (TPSA) is 104 Å². The average molecular weight is 296 g/mol. The highest BCUT2D eigenvalue weighted by Crippen LogP contribution is 2.29. The molecule has 1 aliphatic heterocycles. The Hall–Kier alpha value is -1.19. The number of hydrogen-bond acceptors (Lipinski definition) is 6. The van der Waals surface area contributed by atoms with Crippen LogP contribution in [0.5, 0.6) is 0 Å². The molecule has 0 radical (unpaired) electrons. The van der Waals surface area contributed by atoms with Gasteiger partial charge in [0.2, 0.25) is 4.90 Å². The van der Waals surface area contributed by atoms with E-state index in [9.17, 15) is 18.5 Å². The lowest BCUT2D eigenvalue weighted by Crippen LogP contribution is -2.20. The van der Waals surface area contributed by atoms with Crippen molar-refractivity contribution in [2.75, 3.05) is 13.2 Å². The minimum Gasteiger partial charge on any atom is -0.381 e. The van der Waals surface area contributed by atoms with Crippen molar-refractivity contribution in [3.05, 3.63) is 16.3 Å². The third-order valence-corrected chi connectivity index (χ3v) is 3.99. The Morgan fingerprint density at radius 2 is 2.11 bits per heavy atom. The molecule has 0 unspecified atom stereocenters. The normalized spacial score (nSPS) is 17.8. The third-order valence-electron chi connectivity index (χ3n) is 2.68. The molecule has 0 atom stereocenters. The first-order chi connectivity index (χ1) is 8.39. The van der Waals surface area contributed by atoms with Gasteiger partial charge in [-0.2, -0.15) is 4.68 Å². The van der Waals surface area contributed by atoms with Gasteiger partial charge in [0, 0.05) is 23.9 Å². The molecule has 2 rings (SSSR count). The van der Waals surface area contributed by atoms with Crippen LogP contribution < -0.4 is 0 Å². The van der Waals surface area contributed by atoms with Crippen molar-refractivity contribution in [3.8, 4) is 0 Å². The van der Waals surface area contributed by atoms with Crippen molar-refractivity contribution < 1.29 is 18.1 Å². The van der Waals surface area contributed by atoms with Gasteiger partial charge < -0.3 is 14.9 Å². The highest BCUT2D eigenvalue weighted by molar-refractivity contribution is 8.13. The van der Waals surface area contributed by atoms with Crippen LogP contribution in [0.25, 0.3) is 0 Å². The fourth-order valence-corrected chi connectivity index (χ4v) is 2.69. The molecular weight excluding hydrogens is 286 g/mol. The lowest BCUT2D eigenvalue weighted by molar-refractivity contribution is -0.392. The molecule has 0 saturated carbocycles. The molecule has 100 valence electrons. The second-order valence-electron chi connectivity index (χ2n) is 3.84. The van der Waals surface area contributed by atoms with E-state index >= 15 is 0 Å². The molecule has 0 N–H and O–H groups in total. The number of halogens is 1. The molecule has 18 heavy (non-hydrogen) atoms.